The fourth-order valence-electron chi connectivity index (χ4n) is 0.796. The Hall–Kier alpha value is -1.84. The van der Waals surface area contributed by atoms with Crippen LogP contribution in [0.5, 0.6) is 0 Å². The summed E-state index contributed by atoms with van der Waals surface area (Å²) >= 11 is 0. The zero-order chi connectivity index (χ0) is 11.7. The molecular formula is C11H14O4. The van der Waals surface area contributed by atoms with Gasteiger partial charge in [-0.3, -0.25) is 4.79 Å². The zero-order valence-corrected chi connectivity index (χ0v) is 8.77. The molecule has 1 aromatic carbocycles. The van der Waals surface area contributed by atoms with Crippen LogP contribution < -0.4 is 0 Å². The first-order chi connectivity index (χ1) is 7.07. The van der Waals surface area contributed by atoms with E-state index in [0.717, 1.165) is 5.56 Å². The van der Waals surface area contributed by atoms with Gasteiger partial charge in [-0.15, -0.1) is 0 Å². The van der Waals surface area contributed by atoms with Crippen molar-refractivity contribution in [2.45, 2.75) is 13.8 Å². The molecular weight excluding hydrogens is 196 g/mol. The minimum absolute atomic E-state index is 0.121. The highest BCUT2D eigenvalue weighted by Gasteiger charge is 1.92. The van der Waals surface area contributed by atoms with Crippen LogP contribution in [-0.2, 0) is 4.74 Å². The van der Waals surface area contributed by atoms with Gasteiger partial charge in [0.15, 0.2) is 5.78 Å². The van der Waals surface area contributed by atoms with Crippen LogP contribution in [0.15, 0.2) is 30.3 Å². The first-order valence-electron chi connectivity index (χ1n) is 4.49. The molecule has 0 unspecified atom stereocenters. The van der Waals surface area contributed by atoms with Gasteiger partial charge < -0.3 is 9.84 Å². The van der Waals surface area contributed by atoms with Crippen molar-refractivity contribution in [2.75, 3.05) is 6.61 Å². The number of carboxylic acid groups (broad SMARTS) is 1. The monoisotopic (exact) mass is 210 g/mol. The lowest BCUT2D eigenvalue weighted by Gasteiger charge is -1.89. The van der Waals surface area contributed by atoms with Gasteiger partial charge in [0, 0.05) is 5.56 Å². The van der Waals surface area contributed by atoms with Gasteiger partial charge in [0.25, 0.3) is 0 Å². The summed E-state index contributed by atoms with van der Waals surface area (Å²) < 4.78 is 3.96. The van der Waals surface area contributed by atoms with Crippen molar-refractivity contribution < 1.29 is 19.4 Å². The molecule has 0 aliphatic heterocycles. The van der Waals surface area contributed by atoms with Gasteiger partial charge in [-0.1, -0.05) is 30.3 Å². The molecule has 1 aromatic rings. The summed E-state index contributed by atoms with van der Waals surface area (Å²) in [7, 11) is 0. The van der Waals surface area contributed by atoms with Crippen LogP contribution in [0.25, 0.3) is 0 Å². The standard InChI is InChI=1S/C8H8O.C3H6O3/c1-7(9)8-5-3-2-4-6-8;1-2-6-3(4)5/h2-6H,1H3;2H2,1H3,(H,4,5). The molecule has 0 atom stereocenters. The summed E-state index contributed by atoms with van der Waals surface area (Å²) in [6, 6.07) is 9.23. The number of benzene rings is 1. The Kier molecular flexibility index (Phi) is 6.63. The molecule has 4 heteroatoms. The molecule has 0 bridgehead atoms. The van der Waals surface area contributed by atoms with Crippen molar-refractivity contribution in [3.05, 3.63) is 35.9 Å². The molecule has 0 aromatic heterocycles. The van der Waals surface area contributed by atoms with E-state index in [4.69, 9.17) is 5.11 Å². The molecule has 0 amide bonds. The molecule has 4 nitrogen and oxygen atoms in total. The van der Waals surface area contributed by atoms with E-state index in [0.29, 0.717) is 0 Å². The van der Waals surface area contributed by atoms with E-state index in [2.05, 4.69) is 4.74 Å². The fraction of sp³-hybridized carbons (Fsp3) is 0.273. The smallest absolute Gasteiger partial charge is 0.450 e. The number of ether oxygens (including phenoxy) is 1. The Morgan fingerprint density at radius 2 is 1.80 bits per heavy atom. The Morgan fingerprint density at radius 3 is 2.00 bits per heavy atom. The van der Waals surface area contributed by atoms with Crippen molar-refractivity contribution in [2.24, 2.45) is 0 Å². The normalized spacial score (nSPS) is 8.40. The minimum Gasteiger partial charge on any atom is -0.450 e. The van der Waals surface area contributed by atoms with E-state index in [-0.39, 0.29) is 12.4 Å². The molecule has 0 saturated heterocycles. The molecule has 1 rings (SSSR count). The van der Waals surface area contributed by atoms with Gasteiger partial charge in [0.05, 0.1) is 6.61 Å². The summed E-state index contributed by atoms with van der Waals surface area (Å²) in [6.45, 7) is 3.42. The van der Waals surface area contributed by atoms with Crippen LogP contribution in [-0.4, -0.2) is 23.7 Å². The second-order valence-electron chi connectivity index (χ2n) is 2.62. The lowest BCUT2D eigenvalue weighted by molar-refractivity contribution is 0.0964. The Balaban J connectivity index is 0.000000288. The number of ketones is 1. The zero-order valence-electron chi connectivity index (χ0n) is 8.77. The molecule has 0 radical (unpaired) electrons. The van der Waals surface area contributed by atoms with Gasteiger partial charge in [-0.2, -0.15) is 0 Å². The largest absolute Gasteiger partial charge is 0.505 e. The van der Waals surface area contributed by atoms with E-state index in [1.165, 1.54) is 0 Å². The molecule has 0 fully saturated rings. The van der Waals surface area contributed by atoms with Gasteiger partial charge in [-0.25, -0.2) is 4.79 Å². The molecule has 82 valence electrons. The summed E-state index contributed by atoms with van der Waals surface area (Å²) in [5.74, 6) is 0.121. The Bertz CT molecular complexity index is 306. The number of hydrogen-bond donors (Lipinski definition) is 1. The van der Waals surface area contributed by atoms with Crippen molar-refractivity contribution in [3.8, 4) is 0 Å². The Morgan fingerprint density at radius 1 is 1.27 bits per heavy atom. The van der Waals surface area contributed by atoms with Crippen LogP contribution in [0.1, 0.15) is 24.2 Å². The third-order valence-electron chi connectivity index (χ3n) is 1.45. The molecule has 0 spiro atoms. The highest BCUT2D eigenvalue weighted by molar-refractivity contribution is 5.93. The van der Waals surface area contributed by atoms with E-state index < -0.39 is 6.16 Å². The number of hydrogen-bond acceptors (Lipinski definition) is 3. The lowest BCUT2D eigenvalue weighted by Crippen LogP contribution is -1.97. The maximum atomic E-state index is 10.6. The second-order valence-corrected chi connectivity index (χ2v) is 2.62. The van der Waals surface area contributed by atoms with E-state index in [1.54, 1.807) is 13.8 Å². The maximum Gasteiger partial charge on any atom is 0.505 e. The van der Waals surface area contributed by atoms with Crippen LogP contribution in [0.3, 0.4) is 0 Å². The molecule has 15 heavy (non-hydrogen) atoms. The molecule has 0 saturated carbocycles. The summed E-state index contributed by atoms with van der Waals surface area (Å²) in [4.78, 5) is 20.0. The quantitative estimate of drug-likeness (QED) is 0.602. The van der Waals surface area contributed by atoms with E-state index in [1.807, 2.05) is 30.3 Å². The lowest BCUT2D eigenvalue weighted by atomic mass is 10.2. The van der Waals surface area contributed by atoms with Crippen molar-refractivity contribution in [1.29, 1.82) is 0 Å². The first kappa shape index (κ1) is 13.2. The van der Waals surface area contributed by atoms with Crippen LogP contribution in [0.4, 0.5) is 4.79 Å². The predicted molar refractivity (Wildman–Crippen MR) is 56.1 cm³/mol. The van der Waals surface area contributed by atoms with Crippen LogP contribution >= 0.6 is 0 Å². The van der Waals surface area contributed by atoms with Gasteiger partial charge >= 0.3 is 6.16 Å². The third kappa shape index (κ3) is 7.25. The molecule has 0 heterocycles. The van der Waals surface area contributed by atoms with E-state index >= 15 is 0 Å². The maximum absolute atomic E-state index is 10.6. The second kappa shape index (κ2) is 7.55. The summed E-state index contributed by atoms with van der Waals surface area (Å²) in [5.41, 5.74) is 0.775. The van der Waals surface area contributed by atoms with Crippen molar-refractivity contribution in [3.63, 3.8) is 0 Å². The molecule has 0 aliphatic carbocycles. The summed E-state index contributed by atoms with van der Waals surface area (Å²) in [6.07, 6.45) is -1.21. The van der Waals surface area contributed by atoms with Crippen molar-refractivity contribution >= 4 is 11.9 Å². The minimum atomic E-state index is -1.21. The fourth-order valence-corrected chi connectivity index (χ4v) is 0.796. The average molecular weight is 210 g/mol. The third-order valence-corrected chi connectivity index (χ3v) is 1.45. The topological polar surface area (TPSA) is 63.6 Å². The number of rotatable bonds is 2. The molecule has 0 aliphatic rings. The van der Waals surface area contributed by atoms with Crippen LogP contribution in [0.2, 0.25) is 0 Å². The highest BCUT2D eigenvalue weighted by Crippen LogP contribution is 1.97. The van der Waals surface area contributed by atoms with Gasteiger partial charge in [-0.05, 0) is 13.8 Å². The predicted octanol–water partition coefficient (Wildman–Crippen LogP) is 2.59. The average Bonchev–Trinajstić information content (AvgIpc) is 2.20. The number of carbonyl (C=O) groups excluding carboxylic acids is 1. The highest BCUT2D eigenvalue weighted by atomic mass is 16.7. The summed E-state index contributed by atoms with van der Waals surface area (Å²) in [5, 5.41) is 7.69. The Labute approximate surface area is 88.5 Å². The van der Waals surface area contributed by atoms with Gasteiger partial charge in [0.2, 0.25) is 0 Å². The van der Waals surface area contributed by atoms with E-state index in [9.17, 15) is 9.59 Å². The van der Waals surface area contributed by atoms with Crippen molar-refractivity contribution in [1.82, 2.24) is 0 Å². The number of Topliss-reactive ketones (excluding diaryl/α,β-unsaturated/α-hetero) is 1. The van der Waals surface area contributed by atoms with Gasteiger partial charge in [0.1, 0.15) is 0 Å². The first-order valence-corrected chi connectivity index (χ1v) is 4.49. The SMILES string of the molecule is CC(=O)c1ccccc1.CCOC(=O)O. The van der Waals surface area contributed by atoms with Crippen LogP contribution in [0, 0.1) is 0 Å². The number of carbonyl (C=O) groups is 2. The molecule has 1 N–H and O–H groups in total.